The van der Waals surface area contributed by atoms with Gasteiger partial charge in [-0.1, -0.05) is 128 Å². The standard InChI is InChI=1S/C31H32P2/c32-30(24-14-5-1-6-15-24,25-16-7-2-8-17-25)28-22-13-23-29(28)31(33,26-18-9-3-10-19-26)27-20-11-4-12-21-27/h1-12,14-21,28-29H,13,22-23,32-33H2/t28-,29-/m0/s1. The maximum Gasteiger partial charge on any atom is 0.0375 e. The van der Waals surface area contributed by atoms with Crippen molar-refractivity contribution in [3.63, 3.8) is 0 Å². The number of hydrogen-bond donors (Lipinski definition) is 0. The largest absolute Gasteiger partial charge is 0.121 e. The molecule has 1 fully saturated rings. The average Bonchev–Trinajstić information content (AvgIpc) is 3.41. The Morgan fingerprint density at radius 2 is 0.667 bits per heavy atom. The molecule has 4 atom stereocenters. The number of benzene rings is 4. The number of hydrogen-bond acceptors (Lipinski definition) is 0. The molecular weight excluding hydrogens is 434 g/mol. The van der Waals surface area contributed by atoms with E-state index in [0.717, 1.165) is 0 Å². The molecule has 0 amide bonds. The fraction of sp³-hybridized carbons (Fsp3) is 0.226. The molecule has 33 heavy (non-hydrogen) atoms. The van der Waals surface area contributed by atoms with Crippen LogP contribution < -0.4 is 0 Å². The van der Waals surface area contributed by atoms with Gasteiger partial charge in [0, 0.05) is 10.3 Å². The second-order valence-corrected chi connectivity index (χ2v) is 11.2. The van der Waals surface area contributed by atoms with Crippen molar-refractivity contribution in [3.8, 4) is 0 Å². The minimum Gasteiger partial charge on any atom is -0.121 e. The molecule has 0 N–H and O–H groups in total. The van der Waals surface area contributed by atoms with Crippen molar-refractivity contribution >= 4 is 18.5 Å². The summed E-state index contributed by atoms with van der Waals surface area (Å²) in [6.07, 6.45) is 3.68. The van der Waals surface area contributed by atoms with Crippen molar-refractivity contribution in [2.75, 3.05) is 0 Å². The van der Waals surface area contributed by atoms with Crippen molar-refractivity contribution in [3.05, 3.63) is 144 Å². The van der Waals surface area contributed by atoms with Crippen molar-refractivity contribution in [1.29, 1.82) is 0 Å². The van der Waals surface area contributed by atoms with Crippen LogP contribution in [0.2, 0.25) is 0 Å². The predicted molar refractivity (Wildman–Crippen MR) is 148 cm³/mol. The van der Waals surface area contributed by atoms with E-state index in [9.17, 15) is 0 Å². The molecule has 2 heteroatoms. The molecule has 5 rings (SSSR count). The smallest absolute Gasteiger partial charge is 0.0375 e. The van der Waals surface area contributed by atoms with Crippen LogP contribution in [0.1, 0.15) is 41.5 Å². The van der Waals surface area contributed by atoms with E-state index in [4.69, 9.17) is 0 Å². The van der Waals surface area contributed by atoms with E-state index in [1.807, 2.05) is 0 Å². The van der Waals surface area contributed by atoms with Gasteiger partial charge in [0.05, 0.1) is 0 Å². The SMILES string of the molecule is PC(c1ccccc1)(c1ccccc1)[C@H]1CCC[C@@H]1C(P)(c1ccccc1)c1ccccc1. The summed E-state index contributed by atoms with van der Waals surface area (Å²) < 4.78 is 0. The van der Waals surface area contributed by atoms with Crippen LogP contribution in [-0.4, -0.2) is 0 Å². The van der Waals surface area contributed by atoms with E-state index < -0.39 is 0 Å². The zero-order valence-corrected chi connectivity index (χ0v) is 21.3. The van der Waals surface area contributed by atoms with E-state index in [2.05, 4.69) is 140 Å². The Balaban J connectivity index is 1.70. The van der Waals surface area contributed by atoms with Gasteiger partial charge in [-0.05, 0) is 46.9 Å². The first-order chi connectivity index (χ1) is 16.1. The van der Waals surface area contributed by atoms with Crippen LogP contribution in [0.3, 0.4) is 0 Å². The quantitative estimate of drug-likeness (QED) is 0.252. The van der Waals surface area contributed by atoms with Gasteiger partial charge in [-0.15, -0.1) is 18.5 Å². The highest BCUT2D eigenvalue weighted by Gasteiger charge is 2.51. The molecule has 0 nitrogen and oxygen atoms in total. The Hall–Kier alpha value is -2.26. The van der Waals surface area contributed by atoms with Gasteiger partial charge in [0.2, 0.25) is 0 Å². The highest BCUT2D eigenvalue weighted by Crippen LogP contribution is 2.61. The van der Waals surface area contributed by atoms with Gasteiger partial charge in [-0.2, -0.15) is 0 Å². The molecule has 1 aliphatic carbocycles. The minimum absolute atomic E-state index is 0.144. The summed E-state index contributed by atoms with van der Waals surface area (Å²) in [6, 6.07) is 44.5. The number of rotatable bonds is 6. The summed E-state index contributed by atoms with van der Waals surface area (Å²) in [5.74, 6) is 0.954. The summed E-state index contributed by atoms with van der Waals surface area (Å²) >= 11 is 0. The Morgan fingerprint density at radius 3 is 0.909 bits per heavy atom. The molecule has 166 valence electrons. The van der Waals surface area contributed by atoms with Crippen LogP contribution in [0.25, 0.3) is 0 Å². The van der Waals surface area contributed by atoms with E-state index in [0.29, 0.717) is 11.8 Å². The molecule has 0 bridgehead atoms. The first kappa shape index (κ1) is 22.5. The molecule has 1 aliphatic rings. The Kier molecular flexibility index (Phi) is 6.51. The summed E-state index contributed by atoms with van der Waals surface area (Å²) in [5, 5.41) is -0.288. The topological polar surface area (TPSA) is 0 Å². The zero-order chi connectivity index (χ0) is 22.7. The summed E-state index contributed by atoms with van der Waals surface area (Å²) in [6.45, 7) is 0. The Labute approximate surface area is 203 Å². The summed E-state index contributed by atoms with van der Waals surface area (Å²) in [7, 11) is 6.67. The van der Waals surface area contributed by atoms with Crippen molar-refractivity contribution in [2.24, 2.45) is 11.8 Å². The van der Waals surface area contributed by atoms with Gasteiger partial charge in [-0.25, -0.2) is 0 Å². The molecule has 0 radical (unpaired) electrons. The van der Waals surface area contributed by atoms with Crippen LogP contribution in [-0.2, 0) is 10.3 Å². The molecule has 0 aromatic heterocycles. The van der Waals surface area contributed by atoms with E-state index in [1.54, 1.807) is 0 Å². The fourth-order valence-electron chi connectivity index (χ4n) is 6.10. The zero-order valence-electron chi connectivity index (χ0n) is 19.0. The Morgan fingerprint density at radius 1 is 0.424 bits per heavy atom. The van der Waals surface area contributed by atoms with E-state index in [-0.39, 0.29) is 10.3 Å². The molecule has 4 aromatic rings. The molecular formula is C31H32P2. The van der Waals surface area contributed by atoms with Gasteiger partial charge < -0.3 is 0 Å². The van der Waals surface area contributed by atoms with Gasteiger partial charge in [-0.3, -0.25) is 0 Å². The summed E-state index contributed by atoms with van der Waals surface area (Å²) in [5.41, 5.74) is 5.52. The molecule has 1 saturated carbocycles. The third kappa shape index (κ3) is 3.99. The van der Waals surface area contributed by atoms with Crippen molar-refractivity contribution in [2.45, 2.75) is 29.6 Å². The molecule has 0 spiro atoms. The van der Waals surface area contributed by atoms with Gasteiger partial charge in [0.15, 0.2) is 0 Å². The summed E-state index contributed by atoms with van der Waals surface area (Å²) in [4.78, 5) is 0. The lowest BCUT2D eigenvalue weighted by Gasteiger charge is -2.47. The van der Waals surface area contributed by atoms with Crippen LogP contribution in [0.15, 0.2) is 121 Å². The highest BCUT2D eigenvalue weighted by molar-refractivity contribution is 7.19. The van der Waals surface area contributed by atoms with Gasteiger partial charge in [0.25, 0.3) is 0 Å². The second kappa shape index (κ2) is 9.54. The highest BCUT2D eigenvalue weighted by atomic mass is 31.0. The molecule has 4 aromatic carbocycles. The fourth-order valence-corrected chi connectivity index (χ4v) is 7.66. The van der Waals surface area contributed by atoms with Crippen molar-refractivity contribution in [1.82, 2.24) is 0 Å². The molecule has 2 unspecified atom stereocenters. The van der Waals surface area contributed by atoms with Crippen LogP contribution in [0.4, 0.5) is 0 Å². The normalized spacial score (nSPS) is 18.8. The predicted octanol–water partition coefficient (Wildman–Crippen LogP) is 8.04. The first-order valence-corrected chi connectivity index (χ1v) is 13.1. The van der Waals surface area contributed by atoms with Crippen LogP contribution >= 0.6 is 18.5 Å². The van der Waals surface area contributed by atoms with Gasteiger partial charge >= 0.3 is 0 Å². The lowest BCUT2D eigenvalue weighted by Crippen LogP contribution is -2.41. The lowest BCUT2D eigenvalue weighted by molar-refractivity contribution is 0.281. The van der Waals surface area contributed by atoms with Crippen LogP contribution in [0.5, 0.6) is 0 Å². The molecule has 0 saturated heterocycles. The average molecular weight is 467 g/mol. The van der Waals surface area contributed by atoms with Gasteiger partial charge in [0.1, 0.15) is 0 Å². The van der Waals surface area contributed by atoms with Crippen LogP contribution in [0, 0.1) is 11.8 Å². The lowest BCUT2D eigenvalue weighted by atomic mass is 9.67. The van der Waals surface area contributed by atoms with E-state index >= 15 is 0 Å². The molecule has 0 heterocycles. The van der Waals surface area contributed by atoms with Crippen molar-refractivity contribution < 1.29 is 0 Å². The minimum atomic E-state index is -0.144. The Bertz CT molecular complexity index is 983. The monoisotopic (exact) mass is 466 g/mol. The maximum atomic E-state index is 3.34. The maximum absolute atomic E-state index is 3.34. The first-order valence-electron chi connectivity index (χ1n) is 11.9. The second-order valence-electron chi connectivity index (χ2n) is 9.35. The third-order valence-corrected chi connectivity index (χ3v) is 9.88. The van der Waals surface area contributed by atoms with E-state index in [1.165, 1.54) is 41.5 Å². The molecule has 0 aliphatic heterocycles. The third-order valence-electron chi connectivity index (χ3n) is 7.69.